The number of allylic oxidation sites excluding steroid dienone is 3. The molecule has 0 fully saturated rings. The van der Waals surface area contributed by atoms with E-state index in [0.29, 0.717) is 52.8 Å². The molecule has 3 aliphatic rings. The standard InChI is InChI=1S/C57H57O4P/c1-7-37(4)55-49-19-13-10-16-43(49)34-52(55)40-22-28-46(29-23-40)59-62(58,60-47-30-24-41(25-31-47)53-35-44-17-11-14-20-50(44)56(53)38(5)8-2)61-48-32-26-42(27-33-48)54-36-45-18-12-15-21-51(45)57(54)39(6)9-3/h10-39,55-57H,7-9H2,1-6H3. The molecule has 0 saturated carbocycles. The zero-order valence-corrected chi connectivity index (χ0v) is 37.6. The highest BCUT2D eigenvalue weighted by atomic mass is 31.2. The monoisotopic (exact) mass is 836 g/mol. The summed E-state index contributed by atoms with van der Waals surface area (Å²) >= 11 is 0. The number of hydrogen-bond acceptors (Lipinski definition) is 4. The molecule has 0 heterocycles. The van der Waals surface area contributed by atoms with Gasteiger partial charge in [0.05, 0.1) is 0 Å². The van der Waals surface area contributed by atoms with E-state index < -0.39 is 7.82 Å². The van der Waals surface area contributed by atoms with Crippen molar-refractivity contribution >= 4 is 42.8 Å². The molecule has 0 spiro atoms. The van der Waals surface area contributed by atoms with E-state index in [1.54, 1.807) is 0 Å². The average Bonchev–Trinajstić information content (AvgIpc) is 4.01. The van der Waals surface area contributed by atoms with E-state index in [1.165, 1.54) is 50.1 Å². The second-order valence-corrected chi connectivity index (χ2v) is 19.0. The van der Waals surface area contributed by atoms with E-state index in [0.717, 1.165) is 36.0 Å². The SMILES string of the molecule is CCC(C)C1C(c2ccc(OP(=O)(Oc3ccc(C4=Cc5ccccc5C4C(C)CC)cc3)Oc3ccc(C4=Cc5ccccc5C4C(C)CC)cc3)cc2)=Cc2ccccc21. The maximum absolute atomic E-state index is 15.0. The molecule has 0 saturated heterocycles. The third-order valence-corrected chi connectivity index (χ3v) is 15.1. The summed E-state index contributed by atoms with van der Waals surface area (Å²) in [6.07, 6.45) is 10.1. The Hall–Kier alpha value is -5.83. The first-order chi connectivity index (χ1) is 30.2. The highest BCUT2D eigenvalue weighted by molar-refractivity contribution is 7.49. The van der Waals surface area contributed by atoms with Crippen LogP contribution in [-0.4, -0.2) is 0 Å². The lowest BCUT2D eigenvalue weighted by Gasteiger charge is -2.24. The zero-order valence-electron chi connectivity index (χ0n) is 36.8. The summed E-state index contributed by atoms with van der Waals surface area (Å²) in [5, 5.41) is 0. The Morgan fingerprint density at radius 3 is 0.919 bits per heavy atom. The Kier molecular flexibility index (Phi) is 11.7. The van der Waals surface area contributed by atoms with E-state index >= 15 is 4.57 Å². The van der Waals surface area contributed by atoms with Crippen LogP contribution < -0.4 is 13.6 Å². The molecule has 4 nitrogen and oxygen atoms in total. The quantitative estimate of drug-likeness (QED) is 0.0967. The minimum atomic E-state index is -4.29. The lowest BCUT2D eigenvalue weighted by Crippen LogP contribution is -2.10. The van der Waals surface area contributed by atoms with Crippen LogP contribution >= 0.6 is 7.82 Å². The summed E-state index contributed by atoms with van der Waals surface area (Å²) in [6, 6.07) is 49.6. The smallest absolute Gasteiger partial charge is 0.386 e. The van der Waals surface area contributed by atoms with Gasteiger partial charge in [-0.15, -0.1) is 0 Å². The lowest BCUT2D eigenvalue weighted by molar-refractivity contribution is 0.298. The normalized spacial score (nSPS) is 19.8. The van der Waals surface area contributed by atoms with Crippen molar-refractivity contribution in [3.05, 3.63) is 196 Å². The molecular formula is C57H57O4P. The third kappa shape index (κ3) is 8.02. The molecule has 3 aliphatic carbocycles. The Balaban J connectivity index is 1.00. The van der Waals surface area contributed by atoms with Crippen LogP contribution in [0.5, 0.6) is 17.2 Å². The fraction of sp³-hybridized carbons (Fsp3) is 0.263. The molecule has 62 heavy (non-hydrogen) atoms. The van der Waals surface area contributed by atoms with E-state index in [2.05, 4.69) is 169 Å². The van der Waals surface area contributed by atoms with Crippen LogP contribution in [0.15, 0.2) is 146 Å². The van der Waals surface area contributed by atoms with Crippen molar-refractivity contribution in [3.8, 4) is 17.2 Å². The van der Waals surface area contributed by atoms with Crippen LogP contribution in [0.25, 0.3) is 34.9 Å². The van der Waals surface area contributed by atoms with Gasteiger partial charge in [0.2, 0.25) is 0 Å². The van der Waals surface area contributed by atoms with E-state index in [1.807, 2.05) is 36.4 Å². The van der Waals surface area contributed by atoms with Gasteiger partial charge in [-0.05, 0) is 121 Å². The van der Waals surface area contributed by atoms with Gasteiger partial charge in [0.15, 0.2) is 0 Å². The van der Waals surface area contributed by atoms with Gasteiger partial charge in [-0.2, -0.15) is 4.57 Å². The highest BCUT2D eigenvalue weighted by Gasteiger charge is 2.36. The van der Waals surface area contributed by atoms with Crippen molar-refractivity contribution in [1.82, 2.24) is 0 Å². The van der Waals surface area contributed by atoms with Crippen molar-refractivity contribution in [3.63, 3.8) is 0 Å². The first kappa shape index (κ1) is 41.5. The van der Waals surface area contributed by atoms with Crippen molar-refractivity contribution < 1.29 is 18.1 Å². The lowest BCUT2D eigenvalue weighted by atomic mass is 9.81. The van der Waals surface area contributed by atoms with Crippen LogP contribution in [0.2, 0.25) is 0 Å². The van der Waals surface area contributed by atoms with Crippen LogP contribution in [0, 0.1) is 17.8 Å². The highest BCUT2D eigenvalue weighted by Crippen LogP contribution is 2.53. The molecule has 6 aromatic carbocycles. The van der Waals surface area contributed by atoms with Crippen molar-refractivity contribution in [2.24, 2.45) is 17.8 Å². The van der Waals surface area contributed by atoms with E-state index in [4.69, 9.17) is 13.6 Å². The minimum Gasteiger partial charge on any atom is -0.386 e. The van der Waals surface area contributed by atoms with Crippen LogP contribution in [-0.2, 0) is 4.57 Å². The largest absolute Gasteiger partial charge is 0.647 e. The fourth-order valence-electron chi connectivity index (χ4n) is 9.95. The molecule has 0 aliphatic heterocycles. The summed E-state index contributed by atoms with van der Waals surface area (Å²) in [5.41, 5.74) is 15.1. The summed E-state index contributed by atoms with van der Waals surface area (Å²) in [5.74, 6) is 3.53. The molecular weight excluding hydrogens is 780 g/mol. The molecule has 0 radical (unpaired) electrons. The fourth-order valence-corrected chi connectivity index (χ4v) is 11.2. The predicted molar refractivity (Wildman–Crippen MR) is 258 cm³/mol. The number of hydrogen-bond donors (Lipinski definition) is 0. The maximum Gasteiger partial charge on any atom is 0.647 e. The van der Waals surface area contributed by atoms with E-state index in [9.17, 15) is 0 Å². The maximum atomic E-state index is 15.0. The molecule has 0 N–H and O–H groups in total. The Bertz CT molecular complexity index is 2410. The van der Waals surface area contributed by atoms with Gasteiger partial charge in [-0.1, -0.05) is 188 Å². The molecule has 9 rings (SSSR count). The second-order valence-electron chi connectivity index (χ2n) is 17.6. The predicted octanol–water partition coefficient (Wildman–Crippen LogP) is 16.4. The van der Waals surface area contributed by atoms with Gasteiger partial charge < -0.3 is 13.6 Å². The molecule has 0 aromatic heterocycles. The molecule has 0 bridgehead atoms. The van der Waals surface area contributed by atoms with Crippen LogP contribution in [0.1, 0.15) is 129 Å². The number of phosphoric ester groups is 1. The minimum absolute atomic E-state index is 0.302. The number of benzene rings is 6. The van der Waals surface area contributed by atoms with Crippen molar-refractivity contribution in [1.29, 1.82) is 0 Å². The number of phosphoric acid groups is 1. The molecule has 5 heteroatoms. The Labute approximate surface area is 368 Å². The van der Waals surface area contributed by atoms with Gasteiger partial charge >= 0.3 is 7.82 Å². The molecule has 6 unspecified atom stereocenters. The molecule has 6 aromatic rings. The van der Waals surface area contributed by atoms with Crippen molar-refractivity contribution in [2.45, 2.75) is 78.6 Å². The van der Waals surface area contributed by atoms with Crippen molar-refractivity contribution in [2.75, 3.05) is 0 Å². The van der Waals surface area contributed by atoms with Gasteiger partial charge in [-0.25, -0.2) is 0 Å². The third-order valence-electron chi connectivity index (χ3n) is 13.8. The number of fused-ring (bicyclic) bond motifs is 3. The second kappa shape index (κ2) is 17.5. The summed E-state index contributed by atoms with van der Waals surface area (Å²) in [6.45, 7) is 13.7. The average molecular weight is 837 g/mol. The first-order valence-corrected chi connectivity index (χ1v) is 24.0. The number of rotatable bonds is 15. The Morgan fingerprint density at radius 1 is 0.403 bits per heavy atom. The van der Waals surface area contributed by atoms with E-state index in [-0.39, 0.29) is 0 Å². The molecule has 0 amide bonds. The van der Waals surface area contributed by atoms with Crippen LogP contribution in [0.3, 0.4) is 0 Å². The summed E-state index contributed by atoms with van der Waals surface area (Å²) < 4.78 is 34.0. The van der Waals surface area contributed by atoms with Gasteiger partial charge in [-0.3, -0.25) is 0 Å². The first-order valence-electron chi connectivity index (χ1n) is 22.6. The molecule has 6 atom stereocenters. The van der Waals surface area contributed by atoms with Crippen LogP contribution in [0.4, 0.5) is 0 Å². The summed E-state index contributed by atoms with van der Waals surface area (Å²) in [7, 11) is -4.29. The summed E-state index contributed by atoms with van der Waals surface area (Å²) in [4.78, 5) is 0. The van der Waals surface area contributed by atoms with Gasteiger partial charge in [0, 0.05) is 17.8 Å². The van der Waals surface area contributed by atoms with Gasteiger partial charge in [0.25, 0.3) is 0 Å². The zero-order chi connectivity index (χ0) is 43.0. The Morgan fingerprint density at radius 2 is 0.661 bits per heavy atom. The molecule has 314 valence electrons. The topological polar surface area (TPSA) is 44.8 Å². The van der Waals surface area contributed by atoms with Gasteiger partial charge in [0.1, 0.15) is 17.2 Å².